The van der Waals surface area contributed by atoms with Gasteiger partial charge < -0.3 is 24.7 Å². The molecular formula is C26H30ClN3O4. The van der Waals surface area contributed by atoms with E-state index in [1.54, 1.807) is 0 Å². The molecule has 8 heteroatoms. The van der Waals surface area contributed by atoms with Crippen LogP contribution in [-0.4, -0.2) is 64.1 Å². The third-order valence-electron chi connectivity index (χ3n) is 6.70. The Hall–Kier alpha value is -2.58. The highest BCUT2D eigenvalue weighted by Crippen LogP contribution is 2.39. The van der Waals surface area contributed by atoms with E-state index >= 15 is 0 Å². The highest BCUT2D eigenvalue weighted by atomic mass is 35.5. The molecule has 1 aliphatic carbocycles. The normalized spacial score (nSPS) is 17.8. The average Bonchev–Trinajstić information content (AvgIpc) is 3.29. The predicted molar refractivity (Wildman–Crippen MR) is 131 cm³/mol. The van der Waals surface area contributed by atoms with E-state index < -0.39 is 0 Å². The van der Waals surface area contributed by atoms with Crippen LogP contribution in [0.4, 0.5) is 0 Å². The van der Waals surface area contributed by atoms with Crippen LogP contribution < -0.4 is 9.47 Å². The number of imidazole rings is 1. The number of ether oxygens (including phenoxy) is 2. The van der Waals surface area contributed by atoms with E-state index in [9.17, 15) is 10.2 Å². The van der Waals surface area contributed by atoms with Crippen molar-refractivity contribution < 1.29 is 19.7 Å². The van der Waals surface area contributed by atoms with E-state index in [0.717, 1.165) is 67.1 Å². The summed E-state index contributed by atoms with van der Waals surface area (Å²) in [7, 11) is 0. The highest BCUT2D eigenvalue weighted by molar-refractivity contribution is 6.33. The second kappa shape index (κ2) is 10.4. The van der Waals surface area contributed by atoms with Gasteiger partial charge in [-0.3, -0.25) is 4.90 Å². The molecular weight excluding hydrogens is 454 g/mol. The van der Waals surface area contributed by atoms with Crippen molar-refractivity contribution in [3.05, 3.63) is 63.9 Å². The summed E-state index contributed by atoms with van der Waals surface area (Å²) in [6.45, 7) is 2.07. The number of nitrogens with one attached hydrogen (secondary N) is 1. The van der Waals surface area contributed by atoms with Gasteiger partial charge in [-0.25, -0.2) is 4.98 Å². The number of benzene rings is 2. The van der Waals surface area contributed by atoms with Crippen molar-refractivity contribution >= 4 is 11.6 Å². The van der Waals surface area contributed by atoms with Gasteiger partial charge in [0, 0.05) is 36.7 Å². The van der Waals surface area contributed by atoms with Crippen molar-refractivity contribution in [1.82, 2.24) is 14.9 Å². The minimum absolute atomic E-state index is 0.0599. The van der Waals surface area contributed by atoms with Gasteiger partial charge in [0.2, 0.25) is 0 Å². The fourth-order valence-electron chi connectivity index (χ4n) is 5.06. The van der Waals surface area contributed by atoms with Crippen molar-refractivity contribution in [2.75, 3.05) is 33.0 Å². The van der Waals surface area contributed by atoms with Crippen LogP contribution in [0.25, 0.3) is 11.4 Å². The number of hydrogen-bond donors (Lipinski definition) is 3. The Balaban J connectivity index is 1.36. The Morgan fingerprint density at radius 2 is 1.88 bits per heavy atom. The minimum atomic E-state index is -0.0605. The molecule has 34 heavy (non-hydrogen) atoms. The molecule has 0 saturated heterocycles. The van der Waals surface area contributed by atoms with Gasteiger partial charge in [-0.15, -0.1) is 0 Å². The molecule has 7 nitrogen and oxygen atoms in total. The first-order valence-corrected chi connectivity index (χ1v) is 12.2. The van der Waals surface area contributed by atoms with Crippen LogP contribution in [0.3, 0.4) is 0 Å². The predicted octanol–water partition coefficient (Wildman–Crippen LogP) is 3.39. The van der Waals surface area contributed by atoms with Crippen LogP contribution in [0, 0.1) is 0 Å². The maximum absolute atomic E-state index is 9.32. The van der Waals surface area contributed by atoms with Gasteiger partial charge in [-0.05, 0) is 43.0 Å². The molecule has 0 radical (unpaired) electrons. The smallest absolute Gasteiger partial charge is 0.164 e. The fourth-order valence-corrected chi connectivity index (χ4v) is 5.28. The number of aliphatic hydroxyl groups is 2. The van der Waals surface area contributed by atoms with Crippen molar-refractivity contribution in [1.29, 1.82) is 0 Å². The van der Waals surface area contributed by atoms with Crippen LogP contribution in [-0.2, 0) is 25.8 Å². The number of halogens is 1. The first-order valence-electron chi connectivity index (χ1n) is 11.9. The van der Waals surface area contributed by atoms with Crippen LogP contribution in [0.2, 0.25) is 5.02 Å². The summed E-state index contributed by atoms with van der Waals surface area (Å²) in [5, 5.41) is 19.2. The number of aliphatic hydroxyl groups excluding tert-OH is 2. The number of aryl methyl sites for hydroxylation is 1. The summed E-state index contributed by atoms with van der Waals surface area (Å²) in [6.07, 6.45) is 3.79. The van der Waals surface area contributed by atoms with E-state index in [1.165, 1.54) is 5.56 Å². The van der Waals surface area contributed by atoms with Crippen LogP contribution in [0.15, 0.2) is 36.4 Å². The summed E-state index contributed by atoms with van der Waals surface area (Å²) in [6, 6.07) is 12.2. The average molecular weight is 484 g/mol. The molecule has 5 rings (SSSR count). The molecule has 1 atom stereocenters. The van der Waals surface area contributed by atoms with Crippen molar-refractivity contribution in [2.24, 2.45) is 0 Å². The third kappa shape index (κ3) is 4.66. The molecule has 0 spiro atoms. The first kappa shape index (κ1) is 23.2. The number of aromatic nitrogens is 2. The van der Waals surface area contributed by atoms with Gasteiger partial charge in [0.1, 0.15) is 19.0 Å². The second-order valence-corrected chi connectivity index (χ2v) is 9.19. The van der Waals surface area contributed by atoms with E-state index in [4.69, 9.17) is 26.1 Å². The van der Waals surface area contributed by atoms with Gasteiger partial charge in [-0.2, -0.15) is 0 Å². The number of hydrogen-bond acceptors (Lipinski definition) is 6. The molecule has 3 aromatic rings. The Bertz CT molecular complexity index is 1150. The van der Waals surface area contributed by atoms with Crippen LogP contribution >= 0.6 is 11.6 Å². The second-order valence-electron chi connectivity index (χ2n) is 8.78. The van der Waals surface area contributed by atoms with E-state index in [2.05, 4.69) is 16.0 Å². The van der Waals surface area contributed by atoms with Gasteiger partial charge in [0.25, 0.3) is 0 Å². The number of rotatable bonds is 8. The fraction of sp³-hybridized carbons (Fsp3) is 0.423. The molecule has 1 aromatic heterocycles. The lowest BCUT2D eigenvalue weighted by Gasteiger charge is -2.37. The number of nitrogens with zero attached hydrogens (tertiary/aromatic N) is 2. The Labute approximate surface area is 204 Å². The van der Waals surface area contributed by atoms with Crippen LogP contribution in [0.1, 0.15) is 28.9 Å². The van der Waals surface area contributed by atoms with Gasteiger partial charge in [0.05, 0.1) is 29.6 Å². The number of aromatic amines is 1. The molecule has 0 saturated carbocycles. The Kier molecular flexibility index (Phi) is 7.06. The molecule has 2 aliphatic rings. The van der Waals surface area contributed by atoms with Crippen LogP contribution in [0.5, 0.6) is 11.5 Å². The summed E-state index contributed by atoms with van der Waals surface area (Å²) < 4.78 is 11.7. The zero-order chi connectivity index (χ0) is 23.5. The van der Waals surface area contributed by atoms with E-state index in [0.29, 0.717) is 22.6 Å². The molecule has 3 N–H and O–H groups in total. The van der Waals surface area contributed by atoms with Crippen molar-refractivity contribution in [2.45, 2.75) is 38.3 Å². The summed E-state index contributed by atoms with van der Waals surface area (Å²) in [5.41, 5.74) is 5.61. The Morgan fingerprint density at radius 3 is 2.71 bits per heavy atom. The first-order chi connectivity index (χ1) is 16.7. The van der Waals surface area contributed by atoms with E-state index in [-0.39, 0.29) is 26.4 Å². The number of H-pyrrole nitrogens is 1. The largest absolute Gasteiger partial charge is 0.487 e. The van der Waals surface area contributed by atoms with Gasteiger partial charge >= 0.3 is 0 Å². The van der Waals surface area contributed by atoms with Gasteiger partial charge in [-0.1, -0.05) is 29.8 Å². The molecule has 1 aliphatic heterocycles. The lowest BCUT2D eigenvalue weighted by molar-refractivity contribution is 0.154. The molecule has 1 unspecified atom stereocenters. The van der Waals surface area contributed by atoms with Crippen molar-refractivity contribution in [3.8, 4) is 22.9 Å². The standard InChI is InChI=1S/C26H30ClN3O4/c27-21-4-2-1-3-19(21)26-28-22-9-10-30(16-23(22)29-26)18-7-5-17-6-8-24(33-13-11-31)25(20(17)15-18)34-14-12-32/h1-4,6,8,18,31-32H,5,7,9-16H2,(H,28,29). The zero-order valence-electron chi connectivity index (χ0n) is 19.1. The molecule has 0 amide bonds. The zero-order valence-corrected chi connectivity index (χ0v) is 19.9. The summed E-state index contributed by atoms with van der Waals surface area (Å²) in [5.74, 6) is 2.16. The Morgan fingerprint density at radius 1 is 1.06 bits per heavy atom. The lowest BCUT2D eigenvalue weighted by Crippen LogP contribution is -2.42. The van der Waals surface area contributed by atoms with Crippen molar-refractivity contribution in [3.63, 3.8) is 0 Å². The number of fused-ring (bicyclic) bond motifs is 2. The third-order valence-corrected chi connectivity index (χ3v) is 7.03. The summed E-state index contributed by atoms with van der Waals surface area (Å²) >= 11 is 6.39. The molecule has 0 fully saturated rings. The molecule has 0 bridgehead atoms. The maximum Gasteiger partial charge on any atom is 0.164 e. The molecule has 180 valence electrons. The highest BCUT2D eigenvalue weighted by Gasteiger charge is 2.31. The maximum atomic E-state index is 9.32. The minimum Gasteiger partial charge on any atom is -0.487 e. The quantitative estimate of drug-likeness (QED) is 0.455. The summed E-state index contributed by atoms with van der Waals surface area (Å²) in [4.78, 5) is 10.9. The molecule has 2 heterocycles. The monoisotopic (exact) mass is 483 g/mol. The molecule has 2 aromatic carbocycles. The topological polar surface area (TPSA) is 90.8 Å². The van der Waals surface area contributed by atoms with E-state index in [1.807, 2.05) is 30.3 Å². The van der Waals surface area contributed by atoms with Gasteiger partial charge in [0.15, 0.2) is 11.5 Å². The lowest BCUT2D eigenvalue weighted by atomic mass is 9.86. The SMILES string of the molecule is OCCOc1ccc2c(c1OCCO)CC(N1CCc3nc(-c4ccccc4Cl)[nH]c3C1)CC2.